The van der Waals surface area contributed by atoms with E-state index in [2.05, 4.69) is 20.9 Å². The standard InChI is InChI=1S/C24H17BrN2O6/c1-31-17-6-4-13(9-16(17)25)22(28)20-21(14-3-2-8-26-11-14)27(24(30)23(20)29)15-5-7-18-19(10-15)33-12-32-18/h2-11,21,28H,12H2,1H3/b22-20+. The zero-order valence-corrected chi connectivity index (χ0v) is 18.9. The second-order valence-electron chi connectivity index (χ2n) is 7.34. The van der Waals surface area contributed by atoms with Crippen molar-refractivity contribution in [3.05, 3.63) is 82.1 Å². The second-order valence-corrected chi connectivity index (χ2v) is 8.20. The number of fused-ring (bicyclic) bond motifs is 1. The number of Topliss-reactive ketones (excluding diaryl/α,β-unsaturated/α-hetero) is 1. The van der Waals surface area contributed by atoms with E-state index in [0.29, 0.717) is 38.5 Å². The molecule has 2 aromatic carbocycles. The number of benzene rings is 2. The number of ether oxygens (including phenoxy) is 3. The lowest BCUT2D eigenvalue weighted by Gasteiger charge is -2.25. The fourth-order valence-electron chi connectivity index (χ4n) is 3.96. The van der Waals surface area contributed by atoms with Gasteiger partial charge in [-0.15, -0.1) is 0 Å². The van der Waals surface area contributed by atoms with Gasteiger partial charge in [-0.2, -0.15) is 0 Å². The highest BCUT2D eigenvalue weighted by Gasteiger charge is 2.47. The van der Waals surface area contributed by atoms with Crippen LogP contribution in [0.3, 0.4) is 0 Å². The number of pyridine rings is 1. The number of aliphatic hydroxyl groups excluding tert-OH is 1. The Balaban J connectivity index is 1.69. The zero-order chi connectivity index (χ0) is 23.1. The third-order valence-electron chi connectivity index (χ3n) is 5.50. The Kier molecular flexibility index (Phi) is 5.26. The Morgan fingerprint density at radius 1 is 1.15 bits per heavy atom. The van der Waals surface area contributed by atoms with Crippen molar-refractivity contribution < 1.29 is 28.9 Å². The largest absolute Gasteiger partial charge is 0.507 e. The number of carbonyl (C=O) groups is 2. The van der Waals surface area contributed by atoms with Gasteiger partial charge in [-0.1, -0.05) is 6.07 Å². The summed E-state index contributed by atoms with van der Waals surface area (Å²) in [5.74, 6) is -0.275. The molecule has 166 valence electrons. The number of ketones is 1. The minimum Gasteiger partial charge on any atom is -0.507 e. The molecule has 1 fully saturated rings. The van der Waals surface area contributed by atoms with Gasteiger partial charge in [-0.25, -0.2) is 0 Å². The summed E-state index contributed by atoms with van der Waals surface area (Å²) in [6.07, 6.45) is 3.16. The van der Waals surface area contributed by atoms with E-state index >= 15 is 0 Å². The van der Waals surface area contributed by atoms with Crippen molar-refractivity contribution in [1.82, 2.24) is 4.98 Å². The average molecular weight is 509 g/mol. The van der Waals surface area contributed by atoms with Crippen LogP contribution >= 0.6 is 15.9 Å². The van der Waals surface area contributed by atoms with Crippen molar-refractivity contribution >= 4 is 39.1 Å². The fraction of sp³-hybridized carbons (Fsp3) is 0.125. The van der Waals surface area contributed by atoms with E-state index in [-0.39, 0.29) is 18.1 Å². The van der Waals surface area contributed by atoms with E-state index in [1.807, 2.05) is 0 Å². The third-order valence-corrected chi connectivity index (χ3v) is 6.12. The van der Waals surface area contributed by atoms with Crippen LogP contribution in [0.2, 0.25) is 0 Å². The maximum Gasteiger partial charge on any atom is 0.300 e. The SMILES string of the molecule is COc1ccc(/C(O)=C2\C(=O)C(=O)N(c3ccc4c(c3)OCO4)C2c2cccnc2)cc1Br. The molecule has 0 saturated carbocycles. The fourth-order valence-corrected chi connectivity index (χ4v) is 4.50. The summed E-state index contributed by atoms with van der Waals surface area (Å²) < 4.78 is 16.6. The van der Waals surface area contributed by atoms with E-state index in [1.54, 1.807) is 60.9 Å². The highest BCUT2D eigenvalue weighted by atomic mass is 79.9. The Morgan fingerprint density at radius 2 is 1.97 bits per heavy atom. The summed E-state index contributed by atoms with van der Waals surface area (Å²) in [4.78, 5) is 31.9. The first kappa shape index (κ1) is 21.0. The van der Waals surface area contributed by atoms with Gasteiger partial charge in [0.1, 0.15) is 11.5 Å². The monoisotopic (exact) mass is 508 g/mol. The molecule has 1 amide bonds. The molecular weight excluding hydrogens is 492 g/mol. The number of rotatable bonds is 4. The number of halogens is 1. The molecule has 0 radical (unpaired) electrons. The summed E-state index contributed by atoms with van der Waals surface area (Å²) in [5, 5.41) is 11.2. The number of aliphatic hydroxyl groups is 1. The molecule has 1 aromatic heterocycles. The predicted octanol–water partition coefficient (Wildman–Crippen LogP) is 4.21. The van der Waals surface area contributed by atoms with Gasteiger partial charge in [-0.3, -0.25) is 19.5 Å². The van der Waals surface area contributed by atoms with E-state index < -0.39 is 17.7 Å². The third kappa shape index (κ3) is 3.50. The van der Waals surface area contributed by atoms with Crippen LogP contribution in [-0.4, -0.2) is 35.7 Å². The smallest absolute Gasteiger partial charge is 0.300 e. The number of hydrogen-bond donors (Lipinski definition) is 1. The number of hydrogen-bond acceptors (Lipinski definition) is 7. The maximum absolute atomic E-state index is 13.2. The topological polar surface area (TPSA) is 98.2 Å². The van der Waals surface area contributed by atoms with Crippen molar-refractivity contribution in [1.29, 1.82) is 0 Å². The highest BCUT2D eigenvalue weighted by molar-refractivity contribution is 9.10. The van der Waals surface area contributed by atoms with Crippen molar-refractivity contribution in [2.24, 2.45) is 0 Å². The van der Waals surface area contributed by atoms with Crippen LogP contribution in [0.5, 0.6) is 17.2 Å². The molecule has 2 aliphatic rings. The second kappa shape index (κ2) is 8.25. The Morgan fingerprint density at radius 3 is 2.70 bits per heavy atom. The summed E-state index contributed by atoms with van der Waals surface area (Å²) in [6.45, 7) is 0.0794. The lowest BCUT2D eigenvalue weighted by Crippen LogP contribution is -2.29. The number of aromatic nitrogens is 1. The molecular formula is C24H17BrN2O6. The summed E-state index contributed by atoms with van der Waals surface area (Å²) in [6, 6.07) is 12.5. The number of methoxy groups -OCH3 is 1. The van der Waals surface area contributed by atoms with Crippen LogP contribution in [0.1, 0.15) is 17.2 Å². The summed E-state index contributed by atoms with van der Waals surface area (Å²) >= 11 is 3.39. The van der Waals surface area contributed by atoms with E-state index in [1.165, 1.54) is 12.0 Å². The molecule has 1 atom stereocenters. The van der Waals surface area contributed by atoms with Crippen LogP contribution in [0, 0.1) is 0 Å². The van der Waals surface area contributed by atoms with Crippen LogP contribution in [0.4, 0.5) is 5.69 Å². The summed E-state index contributed by atoms with van der Waals surface area (Å²) in [5.41, 5.74) is 1.33. The predicted molar refractivity (Wildman–Crippen MR) is 122 cm³/mol. The lowest BCUT2D eigenvalue weighted by molar-refractivity contribution is -0.132. The molecule has 1 N–H and O–H groups in total. The molecule has 33 heavy (non-hydrogen) atoms. The van der Waals surface area contributed by atoms with Crippen LogP contribution in [0.25, 0.3) is 5.76 Å². The number of carbonyl (C=O) groups excluding carboxylic acids is 2. The van der Waals surface area contributed by atoms with Gasteiger partial charge in [0, 0.05) is 29.7 Å². The molecule has 3 heterocycles. The molecule has 1 saturated heterocycles. The van der Waals surface area contributed by atoms with Gasteiger partial charge in [-0.05, 0) is 57.9 Å². The number of nitrogens with zero attached hydrogens (tertiary/aromatic N) is 2. The molecule has 9 heteroatoms. The van der Waals surface area contributed by atoms with Gasteiger partial charge in [0.15, 0.2) is 11.5 Å². The number of amides is 1. The number of anilines is 1. The quantitative estimate of drug-likeness (QED) is 0.320. The van der Waals surface area contributed by atoms with Crippen LogP contribution in [0.15, 0.2) is 71.0 Å². The molecule has 3 aromatic rings. The van der Waals surface area contributed by atoms with Gasteiger partial charge < -0.3 is 19.3 Å². The molecule has 5 rings (SSSR count). The van der Waals surface area contributed by atoms with Crippen LogP contribution < -0.4 is 19.1 Å². The Hall–Kier alpha value is -3.85. The minimum absolute atomic E-state index is 0.0391. The highest BCUT2D eigenvalue weighted by Crippen LogP contribution is 2.45. The first-order valence-electron chi connectivity index (χ1n) is 9.94. The summed E-state index contributed by atoms with van der Waals surface area (Å²) in [7, 11) is 1.53. The van der Waals surface area contributed by atoms with E-state index in [4.69, 9.17) is 14.2 Å². The van der Waals surface area contributed by atoms with Gasteiger partial charge in [0.05, 0.1) is 23.2 Å². The molecule has 8 nitrogen and oxygen atoms in total. The Labute approximate surface area is 197 Å². The first-order chi connectivity index (χ1) is 16.0. The molecule has 0 bridgehead atoms. The zero-order valence-electron chi connectivity index (χ0n) is 17.3. The molecule has 0 spiro atoms. The Bertz CT molecular complexity index is 1310. The van der Waals surface area contributed by atoms with Crippen molar-refractivity contribution in [2.75, 3.05) is 18.8 Å². The van der Waals surface area contributed by atoms with Crippen molar-refractivity contribution in [3.63, 3.8) is 0 Å². The van der Waals surface area contributed by atoms with Gasteiger partial charge >= 0.3 is 0 Å². The first-order valence-corrected chi connectivity index (χ1v) is 10.7. The molecule has 0 aliphatic carbocycles. The normalized spacial score (nSPS) is 18.6. The molecule has 1 unspecified atom stereocenters. The van der Waals surface area contributed by atoms with Crippen LogP contribution in [-0.2, 0) is 9.59 Å². The maximum atomic E-state index is 13.2. The van der Waals surface area contributed by atoms with Gasteiger partial charge in [0.2, 0.25) is 6.79 Å². The lowest BCUT2D eigenvalue weighted by atomic mass is 9.96. The van der Waals surface area contributed by atoms with E-state index in [9.17, 15) is 14.7 Å². The molecule has 2 aliphatic heterocycles. The average Bonchev–Trinajstić information content (AvgIpc) is 3.41. The van der Waals surface area contributed by atoms with Crippen molar-refractivity contribution in [2.45, 2.75) is 6.04 Å². The van der Waals surface area contributed by atoms with E-state index in [0.717, 1.165) is 0 Å². The van der Waals surface area contributed by atoms with Crippen molar-refractivity contribution in [3.8, 4) is 17.2 Å². The minimum atomic E-state index is -0.889. The van der Waals surface area contributed by atoms with Gasteiger partial charge in [0.25, 0.3) is 11.7 Å².